The fraction of sp³-hybridized carbons (Fsp3) is 0.250. The molecule has 0 radical (unpaired) electrons. The summed E-state index contributed by atoms with van der Waals surface area (Å²) in [6.45, 7) is 5.86. The Kier molecular flexibility index (Phi) is 5.33. The number of thiophene rings is 1. The summed E-state index contributed by atoms with van der Waals surface area (Å²) in [4.78, 5) is 32.1. The maximum absolute atomic E-state index is 13.3. The first-order chi connectivity index (χ1) is 15.9. The van der Waals surface area contributed by atoms with Gasteiger partial charge in [0, 0.05) is 32.7 Å². The number of aryl methyl sites for hydroxylation is 3. The highest BCUT2D eigenvalue weighted by molar-refractivity contribution is 7.12. The number of nitrogens with one attached hydrogen (secondary N) is 3. The zero-order chi connectivity index (χ0) is 23.1. The van der Waals surface area contributed by atoms with Crippen LogP contribution in [0, 0.1) is 20.8 Å². The maximum Gasteiger partial charge on any atom is 0.319 e. The average Bonchev–Trinajstić information content (AvgIpc) is 3.42. The van der Waals surface area contributed by atoms with Crippen LogP contribution in [0.5, 0.6) is 0 Å². The molecule has 3 N–H and O–H groups in total. The normalized spacial score (nSPS) is 13.2. The van der Waals surface area contributed by atoms with Crippen molar-refractivity contribution in [1.82, 2.24) is 15.5 Å². The van der Waals surface area contributed by atoms with Crippen LogP contribution in [0.25, 0.3) is 22.4 Å². The van der Waals surface area contributed by atoms with E-state index < -0.39 is 0 Å². The Morgan fingerprint density at radius 1 is 1.03 bits per heavy atom. The molecule has 33 heavy (non-hydrogen) atoms. The smallest absolute Gasteiger partial charge is 0.319 e. The first-order valence-corrected chi connectivity index (χ1v) is 11.5. The van der Waals surface area contributed by atoms with E-state index in [0.29, 0.717) is 39.4 Å². The lowest BCUT2D eigenvalue weighted by atomic mass is 10.1. The highest BCUT2D eigenvalue weighted by Crippen LogP contribution is 2.33. The summed E-state index contributed by atoms with van der Waals surface area (Å²) in [5, 5.41) is 13.2. The van der Waals surface area contributed by atoms with Gasteiger partial charge in [-0.3, -0.25) is 4.79 Å². The summed E-state index contributed by atoms with van der Waals surface area (Å²) < 4.78 is 5.40. The molecule has 5 rings (SSSR count). The molecule has 0 aliphatic heterocycles. The second kappa shape index (κ2) is 8.32. The zero-order valence-electron chi connectivity index (χ0n) is 18.5. The van der Waals surface area contributed by atoms with E-state index >= 15 is 0 Å². The van der Waals surface area contributed by atoms with Crippen molar-refractivity contribution in [2.45, 2.75) is 39.7 Å². The van der Waals surface area contributed by atoms with E-state index in [1.807, 2.05) is 13.8 Å². The molecule has 3 heterocycles. The fourth-order valence-electron chi connectivity index (χ4n) is 3.71. The lowest BCUT2D eigenvalue weighted by Gasteiger charge is -2.10. The molecule has 0 saturated heterocycles. The first kappa shape index (κ1) is 21.1. The van der Waals surface area contributed by atoms with Gasteiger partial charge in [0.1, 0.15) is 0 Å². The number of amides is 3. The van der Waals surface area contributed by atoms with E-state index in [0.717, 1.165) is 23.3 Å². The molecule has 1 saturated carbocycles. The molecule has 0 spiro atoms. The van der Waals surface area contributed by atoms with Crippen molar-refractivity contribution in [3.63, 3.8) is 0 Å². The van der Waals surface area contributed by atoms with Gasteiger partial charge in [-0.1, -0.05) is 5.16 Å². The van der Waals surface area contributed by atoms with Crippen LogP contribution in [0.2, 0.25) is 0 Å². The van der Waals surface area contributed by atoms with Gasteiger partial charge < -0.3 is 20.5 Å². The van der Waals surface area contributed by atoms with E-state index in [4.69, 9.17) is 4.52 Å². The number of rotatable bonds is 5. The summed E-state index contributed by atoms with van der Waals surface area (Å²) in [6, 6.07) is 10.9. The SMILES string of the molecule is Cc1cc(-c2cc(C(=O)Nc3ccc(NC(=O)NC4CC4)cc3)c3c(C)noc3n2)c(C)s1. The largest absolute Gasteiger partial charge is 0.335 e. The molecule has 3 amide bonds. The molecule has 9 heteroatoms. The van der Waals surface area contributed by atoms with Crippen LogP contribution >= 0.6 is 11.3 Å². The molecule has 0 unspecified atom stereocenters. The standard InChI is InChI=1S/C24H23N5O3S/c1-12-10-18(14(3)33-12)20-11-19(21-13(2)29-32-23(21)28-20)22(30)25-15-4-6-16(7-5-15)26-24(31)27-17-8-9-17/h4-7,10-11,17H,8-9H2,1-3H3,(H,25,30)(H2,26,27,31). The van der Waals surface area contributed by atoms with Crippen LogP contribution in [-0.4, -0.2) is 28.1 Å². The van der Waals surface area contributed by atoms with E-state index in [1.165, 1.54) is 4.88 Å². The molecule has 8 nitrogen and oxygen atoms in total. The third kappa shape index (κ3) is 4.45. The van der Waals surface area contributed by atoms with Gasteiger partial charge in [0.05, 0.1) is 22.3 Å². The minimum Gasteiger partial charge on any atom is -0.335 e. The number of urea groups is 1. The van der Waals surface area contributed by atoms with Gasteiger partial charge in [-0.2, -0.15) is 0 Å². The Balaban J connectivity index is 1.40. The Labute approximate surface area is 194 Å². The summed E-state index contributed by atoms with van der Waals surface area (Å²) in [7, 11) is 0. The molecule has 0 bridgehead atoms. The first-order valence-electron chi connectivity index (χ1n) is 10.7. The number of aromatic nitrogens is 2. The number of carbonyl (C=O) groups excluding carboxylic acids is 2. The van der Waals surface area contributed by atoms with Gasteiger partial charge in [0.25, 0.3) is 11.6 Å². The van der Waals surface area contributed by atoms with Crippen LogP contribution in [0.4, 0.5) is 16.2 Å². The van der Waals surface area contributed by atoms with Crippen molar-refractivity contribution in [3.05, 3.63) is 57.4 Å². The Morgan fingerprint density at radius 3 is 2.36 bits per heavy atom. The van der Waals surface area contributed by atoms with Crippen LogP contribution in [0.3, 0.4) is 0 Å². The van der Waals surface area contributed by atoms with Crippen LogP contribution in [-0.2, 0) is 0 Å². The van der Waals surface area contributed by atoms with Crippen molar-refractivity contribution in [1.29, 1.82) is 0 Å². The van der Waals surface area contributed by atoms with Crippen molar-refractivity contribution >= 4 is 45.7 Å². The molecule has 1 fully saturated rings. The van der Waals surface area contributed by atoms with Gasteiger partial charge in [0.15, 0.2) is 0 Å². The fourth-order valence-corrected chi connectivity index (χ4v) is 4.65. The molecule has 3 aromatic heterocycles. The van der Waals surface area contributed by atoms with Gasteiger partial charge in [-0.25, -0.2) is 9.78 Å². The topological polar surface area (TPSA) is 109 Å². The third-order valence-corrected chi connectivity index (χ3v) is 6.46. The number of anilines is 2. The molecule has 1 aliphatic carbocycles. The third-order valence-electron chi connectivity index (χ3n) is 5.49. The monoisotopic (exact) mass is 461 g/mol. The predicted octanol–water partition coefficient (Wildman–Crippen LogP) is 5.41. The Morgan fingerprint density at radius 2 is 1.73 bits per heavy atom. The maximum atomic E-state index is 13.3. The number of benzene rings is 1. The minimum absolute atomic E-state index is 0.220. The van der Waals surface area contributed by atoms with E-state index in [9.17, 15) is 9.59 Å². The number of nitrogens with zero attached hydrogens (tertiary/aromatic N) is 2. The van der Waals surface area contributed by atoms with Gasteiger partial charge in [0.2, 0.25) is 0 Å². The van der Waals surface area contributed by atoms with Crippen molar-refractivity contribution in [2.24, 2.45) is 0 Å². The van der Waals surface area contributed by atoms with Gasteiger partial charge >= 0.3 is 6.03 Å². The van der Waals surface area contributed by atoms with E-state index in [-0.39, 0.29) is 18.0 Å². The summed E-state index contributed by atoms with van der Waals surface area (Å²) >= 11 is 1.68. The number of fused-ring (bicyclic) bond motifs is 1. The average molecular weight is 462 g/mol. The quantitative estimate of drug-likeness (QED) is 0.368. The van der Waals surface area contributed by atoms with Crippen LogP contribution < -0.4 is 16.0 Å². The predicted molar refractivity (Wildman–Crippen MR) is 129 cm³/mol. The van der Waals surface area contributed by atoms with Crippen molar-refractivity contribution in [3.8, 4) is 11.3 Å². The number of hydrogen-bond acceptors (Lipinski definition) is 6. The second-order valence-electron chi connectivity index (χ2n) is 8.23. The highest BCUT2D eigenvalue weighted by Gasteiger charge is 2.23. The lowest BCUT2D eigenvalue weighted by molar-refractivity contribution is 0.102. The molecule has 1 aliphatic rings. The second-order valence-corrected chi connectivity index (χ2v) is 9.69. The van der Waals surface area contributed by atoms with E-state index in [1.54, 1.807) is 48.6 Å². The Hall–Kier alpha value is -3.72. The summed E-state index contributed by atoms with van der Waals surface area (Å²) in [5.74, 6) is -0.285. The van der Waals surface area contributed by atoms with Crippen molar-refractivity contribution < 1.29 is 14.1 Å². The number of pyridine rings is 1. The van der Waals surface area contributed by atoms with Gasteiger partial charge in [-0.15, -0.1) is 11.3 Å². The van der Waals surface area contributed by atoms with Crippen molar-refractivity contribution in [2.75, 3.05) is 10.6 Å². The molecule has 4 aromatic rings. The Bertz CT molecular complexity index is 1370. The molecule has 0 atom stereocenters. The number of hydrogen-bond donors (Lipinski definition) is 3. The van der Waals surface area contributed by atoms with E-state index in [2.05, 4.69) is 32.2 Å². The molecular weight excluding hydrogens is 438 g/mol. The lowest BCUT2D eigenvalue weighted by Crippen LogP contribution is -2.30. The zero-order valence-corrected chi connectivity index (χ0v) is 19.3. The minimum atomic E-state index is -0.285. The van der Waals surface area contributed by atoms with Gasteiger partial charge in [-0.05, 0) is 70.0 Å². The summed E-state index contributed by atoms with van der Waals surface area (Å²) in [6.07, 6.45) is 2.05. The van der Waals surface area contributed by atoms with Crippen LogP contribution in [0.15, 0.2) is 40.9 Å². The highest BCUT2D eigenvalue weighted by atomic mass is 32.1. The number of carbonyl (C=O) groups is 2. The van der Waals surface area contributed by atoms with Crippen LogP contribution in [0.1, 0.15) is 38.6 Å². The molecule has 168 valence electrons. The molecular formula is C24H23N5O3S. The molecule has 1 aromatic carbocycles. The summed E-state index contributed by atoms with van der Waals surface area (Å²) in [5.41, 5.74) is 4.29.